The summed E-state index contributed by atoms with van der Waals surface area (Å²) in [6, 6.07) is 9.06. The Labute approximate surface area is 225 Å². The predicted octanol–water partition coefficient (Wildman–Crippen LogP) is 3.71. The largest absolute Gasteiger partial charge is 0.406 e. The predicted molar refractivity (Wildman–Crippen MR) is 138 cm³/mol. The Bertz CT molecular complexity index is 1560. The molecule has 10 nitrogen and oxygen atoms in total. The number of nitrogens with zero attached hydrogens (tertiary/aromatic N) is 6. The first-order valence-electron chi connectivity index (χ1n) is 11.8. The van der Waals surface area contributed by atoms with Gasteiger partial charge in [0.05, 0.1) is 12.1 Å². The molecule has 2 atom stereocenters. The fourth-order valence-electron chi connectivity index (χ4n) is 4.40. The van der Waals surface area contributed by atoms with Crippen molar-refractivity contribution < 1.29 is 23.5 Å². The first-order chi connectivity index (χ1) is 18.2. The molecule has 3 aromatic heterocycles. The monoisotopic (exact) mass is 580 g/mol. The van der Waals surface area contributed by atoms with E-state index in [9.17, 15) is 18.8 Å². The summed E-state index contributed by atoms with van der Waals surface area (Å²) in [6.07, 6.45) is 1.82. The van der Waals surface area contributed by atoms with Gasteiger partial charge >= 0.3 is 5.97 Å². The molecule has 1 aliphatic rings. The molecule has 0 bridgehead atoms. The van der Waals surface area contributed by atoms with E-state index < -0.39 is 24.1 Å². The van der Waals surface area contributed by atoms with Gasteiger partial charge in [-0.25, -0.2) is 24.1 Å². The van der Waals surface area contributed by atoms with E-state index in [1.165, 1.54) is 17.7 Å². The molecule has 12 heteroatoms. The second-order valence-corrected chi connectivity index (χ2v) is 9.74. The molecule has 0 aliphatic carbocycles. The molecule has 1 saturated heterocycles. The third-order valence-electron chi connectivity index (χ3n) is 6.22. The van der Waals surface area contributed by atoms with Gasteiger partial charge in [0.25, 0.3) is 0 Å². The normalized spacial score (nSPS) is 17.1. The molecular weight excluding hydrogens is 559 g/mol. The maximum atomic E-state index is 14.4. The van der Waals surface area contributed by atoms with E-state index >= 15 is 0 Å². The smallest absolute Gasteiger partial charge is 0.335 e. The number of aromatic nitrogens is 5. The molecule has 5 rings (SSSR count). The number of esters is 1. The molecule has 2 unspecified atom stereocenters. The molecule has 194 valence electrons. The Hall–Kier alpha value is -4.06. The fraction of sp³-hybridized carbons (Fsp3) is 0.269. The van der Waals surface area contributed by atoms with Gasteiger partial charge in [0.2, 0.25) is 11.8 Å². The summed E-state index contributed by atoms with van der Waals surface area (Å²) < 4.78 is 21.6. The zero-order valence-electron chi connectivity index (χ0n) is 20.5. The number of hydrogen-bond acceptors (Lipinski definition) is 8. The van der Waals surface area contributed by atoms with Crippen LogP contribution in [-0.4, -0.2) is 66.1 Å². The molecule has 38 heavy (non-hydrogen) atoms. The van der Waals surface area contributed by atoms with Crippen LogP contribution in [0.15, 0.2) is 53.4 Å². The molecule has 0 spiro atoms. The number of rotatable bonds is 6. The number of carbonyl (C=O) groups is 3. The first-order valence-corrected chi connectivity index (χ1v) is 12.6. The molecule has 1 aromatic carbocycles. The van der Waals surface area contributed by atoms with Crippen molar-refractivity contribution in [2.75, 3.05) is 6.54 Å². The number of pyridine rings is 1. The maximum absolute atomic E-state index is 14.4. The summed E-state index contributed by atoms with van der Waals surface area (Å²) in [5, 5.41) is 4.94. The number of ether oxygens (including phenoxy) is 1. The minimum Gasteiger partial charge on any atom is -0.406 e. The number of ketones is 1. The van der Waals surface area contributed by atoms with E-state index in [2.05, 4.69) is 36.0 Å². The number of hydrogen-bond donors (Lipinski definition) is 0. The van der Waals surface area contributed by atoms with E-state index in [1.807, 2.05) is 6.07 Å². The van der Waals surface area contributed by atoms with Crippen molar-refractivity contribution in [1.82, 2.24) is 29.6 Å². The van der Waals surface area contributed by atoms with Crippen molar-refractivity contribution in [3.63, 3.8) is 0 Å². The Morgan fingerprint density at radius 3 is 2.61 bits per heavy atom. The molecule has 0 N–H and O–H groups in total. The average molecular weight is 581 g/mol. The van der Waals surface area contributed by atoms with E-state index in [-0.39, 0.29) is 36.9 Å². The number of fused-ring (bicyclic) bond motifs is 1. The highest BCUT2D eigenvalue weighted by Gasteiger charge is 2.41. The highest BCUT2D eigenvalue weighted by atomic mass is 79.9. The highest BCUT2D eigenvalue weighted by Crippen LogP contribution is 2.28. The van der Waals surface area contributed by atoms with Crippen molar-refractivity contribution >= 4 is 44.5 Å². The fourth-order valence-corrected chi connectivity index (χ4v) is 4.73. The number of halogens is 2. The number of benzene rings is 1. The Kier molecular flexibility index (Phi) is 6.98. The first kappa shape index (κ1) is 25.6. The third kappa shape index (κ3) is 5.17. The lowest BCUT2D eigenvalue weighted by Crippen LogP contribution is -2.44. The maximum Gasteiger partial charge on any atom is 0.335 e. The van der Waals surface area contributed by atoms with Crippen LogP contribution in [0.25, 0.3) is 22.0 Å². The summed E-state index contributed by atoms with van der Waals surface area (Å²) in [6.45, 7) is 2.64. The molecule has 4 aromatic rings. The summed E-state index contributed by atoms with van der Waals surface area (Å²) >= 11 is 3.20. The van der Waals surface area contributed by atoms with Gasteiger partial charge in [-0.15, -0.1) is 0 Å². The van der Waals surface area contributed by atoms with Crippen molar-refractivity contribution in [2.24, 2.45) is 0 Å². The van der Waals surface area contributed by atoms with Crippen LogP contribution in [0.3, 0.4) is 0 Å². The lowest BCUT2D eigenvalue weighted by molar-refractivity contribution is -0.146. The minimum atomic E-state index is -1.38. The van der Waals surface area contributed by atoms with Crippen LogP contribution in [-0.2, 0) is 16.1 Å². The lowest BCUT2D eigenvalue weighted by Gasteiger charge is -2.22. The number of Topliss-reactive ketones (excluding diaryl/α,β-unsaturated/α-hetero) is 1. The van der Waals surface area contributed by atoms with Crippen LogP contribution in [0, 0.1) is 6.92 Å². The number of aryl methyl sites for hydroxylation is 1. The second kappa shape index (κ2) is 10.4. The SMILES string of the molecule is CC(=O)c1nn(CC(=O)N2CC(F)CC2C(=O)Oc2cccc(Br)n2)c2ccc(-c3cnc(C)nc3)cc12. The van der Waals surface area contributed by atoms with Crippen LogP contribution < -0.4 is 4.74 Å². The number of carbonyl (C=O) groups excluding carboxylic acids is 3. The van der Waals surface area contributed by atoms with E-state index in [1.54, 1.807) is 43.6 Å². The average Bonchev–Trinajstić information content (AvgIpc) is 3.45. The summed E-state index contributed by atoms with van der Waals surface area (Å²) in [4.78, 5) is 52.1. The molecule has 1 amide bonds. The molecule has 0 radical (unpaired) electrons. The number of likely N-dealkylation sites (tertiary alicyclic amines) is 1. The quantitative estimate of drug-likeness (QED) is 0.192. The van der Waals surface area contributed by atoms with Gasteiger partial charge in [-0.3, -0.25) is 14.3 Å². The minimum absolute atomic E-state index is 0.0398. The van der Waals surface area contributed by atoms with E-state index in [0.29, 0.717) is 21.3 Å². The van der Waals surface area contributed by atoms with Crippen LogP contribution in [0.2, 0.25) is 0 Å². The Morgan fingerprint density at radius 2 is 1.89 bits per heavy atom. The zero-order chi connectivity index (χ0) is 27.0. The van der Waals surface area contributed by atoms with Crippen LogP contribution in [0.4, 0.5) is 4.39 Å². The number of alkyl halides is 1. The molecular formula is C26H22BrFN6O4. The standard InChI is InChI=1S/C26H22BrFN6O4/c1-14(35)25-19-8-16(17-10-29-15(2)30-11-17)6-7-20(19)34(32-25)13-24(36)33-12-18(28)9-21(33)26(37)38-23-5-3-4-22(27)31-23/h3-8,10-11,18,21H,9,12-13H2,1-2H3. The van der Waals surface area contributed by atoms with Gasteiger partial charge in [-0.2, -0.15) is 5.10 Å². The van der Waals surface area contributed by atoms with Gasteiger partial charge in [0.1, 0.15) is 34.9 Å². The summed E-state index contributed by atoms with van der Waals surface area (Å²) in [5.41, 5.74) is 2.30. The van der Waals surface area contributed by atoms with Crippen LogP contribution in [0.5, 0.6) is 5.88 Å². The molecule has 1 aliphatic heterocycles. The molecule has 4 heterocycles. The Balaban J connectivity index is 1.41. The molecule has 0 saturated carbocycles. The van der Waals surface area contributed by atoms with Crippen molar-refractivity contribution in [3.05, 3.63) is 64.9 Å². The van der Waals surface area contributed by atoms with Gasteiger partial charge in [0.15, 0.2) is 5.78 Å². The van der Waals surface area contributed by atoms with Crippen molar-refractivity contribution in [2.45, 2.75) is 39.0 Å². The number of amides is 1. The topological polar surface area (TPSA) is 120 Å². The summed E-state index contributed by atoms with van der Waals surface area (Å²) in [5.74, 6) is -0.892. The lowest BCUT2D eigenvalue weighted by atomic mass is 10.0. The zero-order valence-corrected chi connectivity index (χ0v) is 22.1. The van der Waals surface area contributed by atoms with Gasteiger partial charge < -0.3 is 9.64 Å². The van der Waals surface area contributed by atoms with Gasteiger partial charge in [-0.05, 0) is 46.6 Å². The van der Waals surface area contributed by atoms with E-state index in [0.717, 1.165) is 16.0 Å². The van der Waals surface area contributed by atoms with Crippen molar-refractivity contribution in [3.8, 4) is 17.0 Å². The van der Waals surface area contributed by atoms with Crippen LogP contribution in [0.1, 0.15) is 29.7 Å². The van der Waals surface area contributed by atoms with Gasteiger partial charge in [0, 0.05) is 42.8 Å². The van der Waals surface area contributed by atoms with Crippen molar-refractivity contribution in [1.29, 1.82) is 0 Å². The van der Waals surface area contributed by atoms with E-state index in [4.69, 9.17) is 4.74 Å². The second-order valence-electron chi connectivity index (χ2n) is 8.93. The van der Waals surface area contributed by atoms with Crippen LogP contribution >= 0.6 is 15.9 Å². The summed E-state index contributed by atoms with van der Waals surface area (Å²) in [7, 11) is 0. The molecule has 1 fully saturated rings. The van der Waals surface area contributed by atoms with Gasteiger partial charge in [-0.1, -0.05) is 12.1 Å². The Morgan fingerprint density at radius 1 is 1.13 bits per heavy atom. The highest BCUT2D eigenvalue weighted by molar-refractivity contribution is 9.10. The third-order valence-corrected chi connectivity index (χ3v) is 6.66.